The van der Waals surface area contributed by atoms with Crippen LogP contribution in [0.1, 0.15) is 40.7 Å². The molecule has 1 saturated heterocycles. The maximum atomic E-state index is 12.3. The first-order valence-electron chi connectivity index (χ1n) is 10.5. The number of hydrogen-bond acceptors (Lipinski definition) is 6. The van der Waals surface area contributed by atoms with Gasteiger partial charge in [-0.1, -0.05) is 29.8 Å². The minimum Gasteiger partial charge on any atom is -0.460 e. The molecule has 2 aromatic rings. The second-order valence-electron chi connectivity index (χ2n) is 7.63. The highest BCUT2D eigenvalue weighted by Crippen LogP contribution is 2.31. The van der Waals surface area contributed by atoms with Crippen LogP contribution in [0.15, 0.2) is 42.5 Å². The predicted molar refractivity (Wildman–Crippen MR) is 117 cm³/mol. The number of nitrogens with one attached hydrogen (secondary N) is 1. The van der Waals surface area contributed by atoms with E-state index in [0.29, 0.717) is 18.5 Å². The zero-order chi connectivity index (χ0) is 22.2. The molecule has 8 heteroatoms. The average molecular weight is 425 g/mol. The van der Waals surface area contributed by atoms with Crippen molar-refractivity contribution in [1.82, 2.24) is 5.32 Å². The molecule has 1 amide bonds. The summed E-state index contributed by atoms with van der Waals surface area (Å²) in [5, 5.41) is 14.2. The topological polar surface area (TPSA) is 102 Å². The monoisotopic (exact) mass is 425 g/mol. The molecule has 1 heterocycles. The summed E-state index contributed by atoms with van der Waals surface area (Å²) in [5.41, 5.74) is 2.82. The minimum atomic E-state index is -0.648. The molecule has 0 aromatic heterocycles. The number of rotatable bonds is 9. The molecule has 0 atom stereocenters. The second-order valence-corrected chi connectivity index (χ2v) is 7.63. The highest BCUT2D eigenvalue weighted by Gasteiger charge is 2.24. The van der Waals surface area contributed by atoms with E-state index in [2.05, 4.69) is 5.32 Å². The van der Waals surface area contributed by atoms with Crippen LogP contribution in [0.2, 0.25) is 0 Å². The molecular weight excluding hydrogens is 398 g/mol. The zero-order valence-electron chi connectivity index (χ0n) is 17.6. The van der Waals surface area contributed by atoms with Gasteiger partial charge in [-0.05, 0) is 43.9 Å². The van der Waals surface area contributed by atoms with E-state index >= 15 is 0 Å². The fourth-order valence-electron chi connectivity index (χ4n) is 3.54. The van der Waals surface area contributed by atoms with Crippen molar-refractivity contribution in [1.29, 1.82) is 0 Å². The van der Waals surface area contributed by atoms with Crippen molar-refractivity contribution >= 4 is 23.3 Å². The summed E-state index contributed by atoms with van der Waals surface area (Å²) in [7, 11) is 0. The number of esters is 1. The molecule has 0 unspecified atom stereocenters. The normalized spacial score (nSPS) is 13.1. The van der Waals surface area contributed by atoms with Gasteiger partial charge in [0.2, 0.25) is 5.91 Å². The van der Waals surface area contributed by atoms with Gasteiger partial charge in [-0.2, -0.15) is 0 Å². The third-order valence-electron chi connectivity index (χ3n) is 5.27. The predicted octanol–water partition coefficient (Wildman–Crippen LogP) is 3.41. The van der Waals surface area contributed by atoms with Crippen LogP contribution >= 0.6 is 0 Å². The van der Waals surface area contributed by atoms with E-state index in [0.717, 1.165) is 31.5 Å². The third kappa shape index (κ3) is 6.28. The molecule has 0 aliphatic carbocycles. The average Bonchev–Trinajstić information content (AvgIpc) is 3.30. The molecule has 1 N–H and O–H groups in total. The van der Waals surface area contributed by atoms with Gasteiger partial charge in [0.1, 0.15) is 12.3 Å². The molecule has 1 fully saturated rings. The summed E-state index contributed by atoms with van der Waals surface area (Å²) in [4.78, 5) is 37.1. The smallest absolute Gasteiger partial charge is 0.338 e. The van der Waals surface area contributed by atoms with Gasteiger partial charge in [0, 0.05) is 25.6 Å². The zero-order valence-corrected chi connectivity index (χ0v) is 17.6. The molecule has 1 aliphatic rings. The molecule has 0 spiro atoms. The number of anilines is 1. The molecule has 2 aromatic carbocycles. The highest BCUT2D eigenvalue weighted by atomic mass is 16.6. The quantitative estimate of drug-likeness (QED) is 0.286. The summed E-state index contributed by atoms with van der Waals surface area (Å²) >= 11 is 0. The Morgan fingerprint density at radius 3 is 2.52 bits per heavy atom. The Hall–Kier alpha value is -3.42. The number of carbonyl (C=O) groups excluding carboxylic acids is 2. The lowest BCUT2D eigenvalue weighted by Crippen LogP contribution is -2.28. The number of nitro benzene ring substituents is 1. The summed E-state index contributed by atoms with van der Waals surface area (Å²) in [6.45, 7) is 3.74. The maximum absolute atomic E-state index is 12.3. The first kappa shape index (κ1) is 22.3. The van der Waals surface area contributed by atoms with Gasteiger partial charge in [-0.25, -0.2) is 4.79 Å². The van der Waals surface area contributed by atoms with Crippen LogP contribution in [-0.2, 0) is 16.0 Å². The van der Waals surface area contributed by atoms with Gasteiger partial charge >= 0.3 is 5.97 Å². The third-order valence-corrected chi connectivity index (χ3v) is 5.27. The van der Waals surface area contributed by atoms with Crippen molar-refractivity contribution in [3.05, 3.63) is 69.3 Å². The number of amides is 1. The number of ether oxygens (including phenoxy) is 1. The molecule has 1 aliphatic heterocycles. The second kappa shape index (κ2) is 10.6. The maximum Gasteiger partial charge on any atom is 0.338 e. The summed E-state index contributed by atoms with van der Waals surface area (Å²) in [6, 6.07) is 12.4. The van der Waals surface area contributed by atoms with E-state index in [-0.39, 0.29) is 30.3 Å². The Kier molecular flexibility index (Phi) is 7.59. The molecule has 31 heavy (non-hydrogen) atoms. The molecular formula is C23H27N3O5. The van der Waals surface area contributed by atoms with Crippen LogP contribution in [-0.4, -0.2) is 43.0 Å². The molecule has 3 rings (SSSR count). The van der Waals surface area contributed by atoms with Crippen LogP contribution < -0.4 is 10.2 Å². The number of benzene rings is 2. The van der Waals surface area contributed by atoms with E-state index < -0.39 is 10.9 Å². The first-order chi connectivity index (χ1) is 14.9. The Morgan fingerprint density at radius 2 is 1.84 bits per heavy atom. The molecule has 0 saturated carbocycles. The van der Waals surface area contributed by atoms with E-state index in [1.165, 1.54) is 11.6 Å². The van der Waals surface area contributed by atoms with Crippen LogP contribution in [0.25, 0.3) is 0 Å². The van der Waals surface area contributed by atoms with E-state index in [9.17, 15) is 19.7 Å². The molecule has 8 nitrogen and oxygen atoms in total. The van der Waals surface area contributed by atoms with Gasteiger partial charge in [0.25, 0.3) is 5.69 Å². The fraction of sp³-hybridized carbons (Fsp3) is 0.391. The number of hydrogen-bond donors (Lipinski definition) is 1. The van der Waals surface area contributed by atoms with Gasteiger partial charge < -0.3 is 15.0 Å². The highest BCUT2D eigenvalue weighted by molar-refractivity contribution is 5.91. The van der Waals surface area contributed by atoms with E-state index in [1.807, 2.05) is 36.1 Å². The lowest BCUT2D eigenvalue weighted by Gasteiger charge is -2.17. The van der Waals surface area contributed by atoms with Crippen molar-refractivity contribution in [2.45, 2.75) is 32.6 Å². The van der Waals surface area contributed by atoms with E-state index in [1.54, 1.807) is 12.1 Å². The van der Waals surface area contributed by atoms with Crippen LogP contribution in [0.4, 0.5) is 11.4 Å². The van der Waals surface area contributed by atoms with Crippen LogP contribution in [0.5, 0.6) is 0 Å². The van der Waals surface area contributed by atoms with Crippen molar-refractivity contribution in [3.8, 4) is 0 Å². The van der Waals surface area contributed by atoms with E-state index in [4.69, 9.17) is 4.74 Å². The summed E-state index contributed by atoms with van der Waals surface area (Å²) in [5.74, 6) is -0.771. The van der Waals surface area contributed by atoms with Crippen molar-refractivity contribution in [3.63, 3.8) is 0 Å². The number of carbonyl (C=O) groups is 2. The summed E-state index contributed by atoms with van der Waals surface area (Å²) < 4.78 is 5.16. The largest absolute Gasteiger partial charge is 0.460 e. The van der Waals surface area contributed by atoms with Crippen molar-refractivity contribution in [2.75, 3.05) is 31.1 Å². The van der Waals surface area contributed by atoms with Crippen LogP contribution in [0.3, 0.4) is 0 Å². The van der Waals surface area contributed by atoms with Crippen molar-refractivity contribution < 1.29 is 19.2 Å². The molecule has 0 bridgehead atoms. The lowest BCUT2D eigenvalue weighted by atomic mass is 10.1. The number of aryl methyl sites for hydroxylation is 2. The summed E-state index contributed by atoms with van der Waals surface area (Å²) in [6.07, 6.45) is 2.98. The first-order valence-corrected chi connectivity index (χ1v) is 10.5. The Labute approximate surface area is 181 Å². The standard InChI is InChI=1S/C23H27N3O5/c1-17-4-6-18(7-5-17)8-11-22(27)24-12-15-31-23(28)19-9-10-20(21(16-19)26(29)30)25-13-2-3-14-25/h4-7,9-10,16H,2-3,8,11-15H2,1H3,(H,24,27). The van der Waals surface area contributed by atoms with Crippen molar-refractivity contribution in [2.24, 2.45) is 0 Å². The SMILES string of the molecule is Cc1ccc(CCC(=O)NCCOC(=O)c2ccc(N3CCCC3)c([N+](=O)[O-])c2)cc1. The number of nitro groups is 1. The number of nitrogens with zero attached hydrogens (tertiary/aromatic N) is 2. The van der Waals surface area contributed by atoms with Gasteiger partial charge in [-0.3, -0.25) is 14.9 Å². The van der Waals surface area contributed by atoms with Gasteiger partial charge in [0.05, 0.1) is 17.0 Å². The fourth-order valence-corrected chi connectivity index (χ4v) is 3.54. The Balaban J connectivity index is 1.44. The van der Waals surface area contributed by atoms with Crippen LogP contribution in [0, 0.1) is 17.0 Å². The Morgan fingerprint density at radius 1 is 1.13 bits per heavy atom. The lowest BCUT2D eigenvalue weighted by molar-refractivity contribution is -0.384. The Bertz CT molecular complexity index is 937. The minimum absolute atomic E-state index is 0.00320. The molecule has 0 radical (unpaired) electrons. The van der Waals surface area contributed by atoms with Gasteiger partial charge in [0.15, 0.2) is 0 Å². The molecule has 164 valence electrons. The van der Waals surface area contributed by atoms with Gasteiger partial charge in [-0.15, -0.1) is 0 Å².